The van der Waals surface area contributed by atoms with E-state index in [-0.39, 0.29) is 23.7 Å². The van der Waals surface area contributed by atoms with E-state index >= 15 is 0 Å². The zero-order chi connectivity index (χ0) is 19.2. The van der Waals surface area contributed by atoms with Crippen LogP contribution in [0.25, 0.3) is 0 Å². The first-order valence-electron chi connectivity index (χ1n) is 8.55. The molecule has 2 N–H and O–H groups in total. The molecule has 0 spiro atoms. The van der Waals surface area contributed by atoms with Gasteiger partial charge in [0.25, 0.3) is 0 Å². The molecule has 1 fully saturated rings. The Bertz CT molecular complexity index is 844. The summed E-state index contributed by atoms with van der Waals surface area (Å²) in [5.74, 6) is -0.237. The average molecular weight is 369 g/mol. The van der Waals surface area contributed by atoms with E-state index in [2.05, 4.69) is 25.5 Å². The van der Waals surface area contributed by atoms with Crippen molar-refractivity contribution in [2.24, 2.45) is 0 Å². The normalized spacial score (nSPS) is 13.7. The van der Waals surface area contributed by atoms with Gasteiger partial charge in [0.05, 0.1) is 41.9 Å². The first-order valence-corrected chi connectivity index (χ1v) is 8.55. The highest BCUT2D eigenvalue weighted by Gasteiger charge is 2.15. The smallest absolute Gasteiger partial charge is 0.243 e. The van der Waals surface area contributed by atoms with E-state index in [1.54, 1.807) is 19.4 Å². The molecule has 140 valence electrons. The summed E-state index contributed by atoms with van der Waals surface area (Å²) < 4.78 is 14.0. The van der Waals surface area contributed by atoms with Crippen molar-refractivity contribution < 1.29 is 9.18 Å². The van der Waals surface area contributed by atoms with E-state index in [0.29, 0.717) is 11.6 Å². The molecule has 0 aliphatic carbocycles. The molecule has 0 saturated carbocycles. The van der Waals surface area contributed by atoms with Gasteiger partial charge in [-0.2, -0.15) is 5.26 Å². The van der Waals surface area contributed by atoms with Crippen molar-refractivity contribution in [1.29, 1.82) is 5.26 Å². The van der Waals surface area contributed by atoms with Crippen LogP contribution in [0.15, 0.2) is 30.6 Å². The molecule has 2 aromatic rings. The maximum absolute atomic E-state index is 14.0. The maximum Gasteiger partial charge on any atom is 0.243 e. The van der Waals surface area contributed by atoms with Crippen molar-refractivity contribution in [1.82, 2.24) is 15.3 Å². The number of aromatic nitrogens is 2. The molecule has 8 nitrogen and oxygen atoms in total. The van der Waals surface area contributed by atoms with Gasteiger partial charge in [-0.25, -0.2) is 14.4 Å². The topological polar surface area (TPSA) is 97.2 Å². The molecule has 1 aromatic heterocycles. The van der Waals surface area contributed by atoms with E-state index in [9.17, 15) is 9.18 Å². The third kappa shape index (κ3) is 4.68. The Balaban J connectivity index is 1.58. The third-order valence-corrected chi connectivity index (χ3v) is 4.19. The Morgan fingerprint density at radius 3 is 2.70 bits per heavy atom. The molecule has 1 saturated heterocycles. The van der Waals surface area contributed by atoms with E-state index in [0.717, 1.165) is 32.2 Å². The van der Waals surface area contributed by atoms with Crippen molar-refractivity contribution in [3.05, 3.63) is 42.0 Å². The second-order valence-electron chi connectivity index (χ2n) is 6.19. The zero-order valence-electron chi connectivity index (χ0n) is 14.9. The standard InChI is InChI=1S/C18H20FN7O/c1-25(16-3-2-13(9-20)8-15(16)19)12-17(27)24-14-10-22-18(23-11-14)26-6-4-21-5-7-26/h2-3,8,10-11,21H,4-7,12H2,1H3,(H,24,27). The Labute approximate surface area is 156 Å². The van der Waals surface area contributed by atoms with Crippen LogP contribution in [0.2, 0.25) is 0 Å². The van der Waals surface area contributed by atoms with Crippen LogP contribution in [-0.4, -0.2) is 55.6 Å². The Kier molecular flexibility index (Phi) is 5.78. The van der Waals surface area contributed by atoms with Crippen LogP contribution < -0.4 is 20.4 Å². The summed E-state index contributed by atoms with van der Waals surface area (Å²) in [5, 5.41) is 14.8. The van der Waals surface area contributed by atoms with Crippen molar-refractivity contribution in [2.45, 2.75) is 0 Å². The van der Waals surface area contributed by atoms with Gasteiger partial charge in [-0.3, -0.25) is 4.79 Å². The third-order valence-electron chi connectivity index (χ3n) is 4.19. The molecule has 0 radical (unpaired) electrons. The van der Waals surface area contributed by atoms with Crippen LogP contribution in [0.1, 0.15) is 5.56 Å². The average Bonchev–Trinajstić information content (AvgIpc) is 2.69. The summed E-state index contributed by atoms with van der Waals surface area (Å²) >= 11 is 0. The number of halogens is 1. The minimum absolute atomic E-state index is 0.0532. The second kappa shape index (κ2) is 8.42. The summed E-state index contributed by atoms with van der Waals surface area (Å²) in [6.45, 7) is 3.40. The van der Waals surface area contributed by atoms with Gasteiger partial charge in [0.15, 0.2) is 0 Å². The highest BCUT2D eigenvalue weighted by Crippen LogP contribution is 2.19. The lowest BCUT2D eigenvalue weighted by molar-refractivity contribution is -0.114. The maximum atomic E-state index is 14.0. The molecule has 1 amide bonds. The van der Waals surface area contributed by atoms with Gasteiger partial charge in [0, 0.05) is 33.2 Å². The van der Waals surface area contributed by atoms with E-state index in [1.807, 2.05) is 6.07 Å². The number of likely N-dealkylation sites (N-methyl/N-ethyl adjacent to an activating group) is 1. The highest BCUT2D eigenvalue weighted by molar-refractivity contribution is 5.93. The lowest BCUT2D eigenvalue weighted by Gasteiger charge is -2.27. The minimum Gasteiger partial charge on any atom is -0.363 e. The SMILES string of the molecule is CN(CC(=O)Nc1cnc(N2CCNCC2)nc1)c1ccc(C#N)cc1F. The van der Waals surface area contributed by atoms with Gasteiger partial charge >= 0.3 is 0 Å². The lowest BCUT2D eigenvalue weighted by Crippen LogP contribution is -2.44. The number of piperazine rings is 1. The Morgan fingerprint density at radius 2 is 2.07 bits per heavy atom. The second-order valence-corrected chi connectivity index (χ2v) is 6.19. The molecule has 2 heterocycles. The number of anilines is 3. The van der Waals surface area contributed by atoms with Crippen LogP contribution in [0.3, 0.4) is 0 Å². The summed E-state index contributed by atoms with van der Waals surface area (Å²) in [4.78, 5) is 24.4. The van der Waals surface area contributed by atoms with Gasteiger partial charge in [-0.15, -0.1) is 0 Å². The molecule has 9 heteroatoms. The number of nitrogens with zero attached hydrogens (tertiary/aromatic N) is 5. The van der Waals surface area contributed by atoms with Crippen LogP contribution in [0.5, 0.6) is 0 Å². The molecule has 1 aliphatic rings. The fourth-order valence-electron chi connectivity index (χ4n) is 2.80. The number of amides is 1. The van der Waals surface area contributed by atoms with Crippen molar-refractivity contribution >= 4 is 23.2 Å². The number of benzene rings is 1. The number of hydrogen-bond donors (Lipinski definition) is 2. The van der Waals surface area contributed by atoms with E-state index < -0.39 is 5.82 Å². The monoisotopic (exact) mass is 369 g/mol. The number of rotatable bonds is 5. The van der Waals surface area contributed by atoms with E-state index in [1.165, 1.54) is 17.0 Å². The van der Waals surface area contributed by atoms with Crippen LogP contribution in [0, 0.1) is 17.1 Å². The van der Waals surface area contributed by atoms with Crippen molar-refractivity contribution in [3.8, 4) is 6.07 Å². The molecule has 3 rings (SSSR count). The quantitative estimate of drug-likeness (QED) is 0.811. The fraction of sp³-hybridized carbons (Fsp3) is 0.333. The molecule has 1 aromatic carbocycles. The molecule has 1 aliphatic heterocycles. The largest absolute Gasteiger partial charge is 0.363 e. The van der Waals surface area contributed by atoms with Gasteiger partial charge in [-0.05, 0) is 18.2 Å². The molecular formula is C18H20FN7O. The van der Waals surface area contributed by atoms with Gasteiger partial charge in [0.2, 0.25) is 11.9 Å². The number of carbonyl (C=O) groups is 1. The predicted molar refractivity (Wildman–Crippen MR) is 100 cm³/mol. The highest BCUT2D eigenvalue weighted by atomic mass is 19.1. The number of carbonyl (C=O) groups excluding carboxylic acids is 1. The summed E-state index contributed by atoms with van der Waals surface area (Å²) in [6, 6.07) is 6.01. The van der Waals surface area contributed by atoms with Gasteiger partial charge < -0.3 is 20.4 Å². The molecule has 0 atom stereocenters. The molecule has 0 bridgehead atoms. The predicted octanol–water partition coefficient (Wildman–Crippen LogP) is 0.972. The van der Waals surface area contributed by atoms with Gasteiger partial charge in [-0.1, -0.05) is 0 Å². The number of nitriles is 1. The van der Waals surface area contributed by atoms with Crippen LogP contribution >= 0.6 is 0 Å². The van der Waals surface area contributed by atoms with Crippen molar-refractivity contribution in [2.75, 3.05) is 54.9 Å². The zero-order valence-corrected chi connectivity index (χ0v) is 14.9. The van der Waals surface area contributed by atoms with E-state index in [4.69, 9.17) is 5.26 Å². The lowest BCUT2D eigenvalue weighted by atomic mass is 10.2. The molecular weight excluding hydrogens is 349 g/mol. The fourth-order valence-corrected chi connectivity index (χ4v) is 2.80. The summed E-state index contributed by atoms with van der Waals surface area (Å²) in [6.07, 6.45) is 3.12. The van der Waals surface area contributed by atoms with Crippen LogP contribution in [0.4, 0.5) is 21.7 Å². The Morgan fingerprint density at radius 1 is 1.37 bits per heavy atom. The van der Waals surface area contributed by atoms with Gasteiger partial charge in [0.1, 0.15) is 5.82 Å². The molecule has 27 heavy (non-hydrogen) atoms. The Hall–Kier alpha value is -3.25. The number of hydrogen-bond acceptors (Lipinski definition) is 7. The molecule has 0 unspecified atom stereocenters. The number of nitrogens with one attached hydrogen (secondary N) is 2. The van der Waals surface area contributed by atoms with Crippen molar-refractivity contribution in [3.63, 3.8) is 0 Å². The van der Waals surface area contributed by atoms with Crippen LogP contribution in [-0.2, 0) is 4.79 Å². The summed E-state index contributed by atoms with van der Waals surface area (Å²) in [7, 11) is 1.61. The summed E-state index contributed by atoms with van der Waals surface area (Å²) in [5.41, 5.74) is 0.956. The minimum atomic E-state index is -0.548. The first kappa shape index (κ1) is 18.5. The first-order chi connectivity index (χ1) is 13.1.